The Hall–Kier alpha value is 0.180. The molecule has 72 valence electrons. The predicted octanol–water partition coefficient (Wildman–Crippen LogP) is 2.85. The van der Waals surface area contributed by atoms with Crippen LogP contribution in [0.4, 0.5) is 8.78 Å². The molecule has 0 aromatic carbocycles. The van der Waals surface area contributed by atoms with Crippen molar-refractivity contribution in [3.05, 3.63) is 25.5 Å². The van der Waals surface area contributed by atoms with Crippen LogP contribution in [0.15, 0.2) is 10.7 Å². The van der Waals surface area contributed by atoms with E-state index < -0.39 is 6.43 Å². The summed E-state index contributed by atoms with van der Waals surface area (Å²) in [5.41, 5.74) is 5.90. The first-order chi connectivity index (χ1) is 6.07. The number of nitrogens with zero attached hydrogens (tertiary/aromatic N) is 1. The van der Waals surface area contributed by atoms with Gasteiger partial charge in [0.1, 0.15) is 0 Å². The first-order valence-electron chi connectivity index (χ1n) is 3.39. The maximum absolute atomic E-state index is 12.3. The molecule has 0 fully saturated rings. The minimum absolute atomic E-state index is 0.0957. The fourth-order valence-electron chi connectivity index (χ4n) is 0.809. The number of hydrogen-bond donors (Lipinski definition) is 1. The lowest BCUT2D eigenvalue weighted by Gasteiger charge is -2.07. The largest absolute Gasteiger partial charge is 0.325 e. The van der Waals surface area contributed by atoms with Gasteiger partial charge in [-0.2, -0.15) is 0 Å². The predicted molar refractivity (Wildman–Crippen MR) is 57.5 cm³/mol. The number of hydrogen-bond acceptors (Lipinski definition) is 2. The summed E-state index contributed by atoms with van der Waals surface area (Å²) in [6, 6.07) is 0. The van der Waals surface area contributed by atoms with Crippen molar-refractivity contribution < 1.29 is 8.78 Å². The second-order valence-electron chi connectivity index (χ2n) is 2.29. The van der Waals surface area contributed by atoms with Gasteiger partial charge in [-0.05, 0) is 38.5 Å². The summed E-state index contributed by atoms with van der Waals surface area (Å²) in [7, 11) is 0. The van der Waals surface area contributed by atoms with Gasteiger partial charge in [-0.15, -0.1) is 0 Å². The summed E-state index contributed by atoms with van der Waals surface area (Å²) in [5.74, 6) is 0. The van der Waals surface area contributed by atoms with Crippen LogP contribution >= 0.6 is 38.5 Å². The van der Waals surface area contributed by atoms with Crippen molar-refractivity contribution in [3.8, 4) is 0 Å². The summed E-state index contributed by atoms with van der Waals surface area (Å²) in [6.07, 6.45) is -1.36. The van der Waals surface area contributed by atoms with Crippen molar-refractivity contribution in [2.75, 3.05) is 0 Å². The van der Waals surface area contributed by atoms with E-state index in [1.165, 1.54) is 0 Å². The van der Waals surface area contributed by atoms with Gasteiger partial charge >= 0.3 is 0 Å². The molecule has 1 rings (SSSR count). The molecular weight excluding hydrogens is 357 g/mol. The van der Waals surface area contributed by atoms with E-state index in [-0.39, 0.29) is 12.1 Å². The third-order valence-corrected chi connectivity index (χ3v) is 4.24. The highest BCUT2D eigenvalue weighted by Crippen LogP contribution is 2.31. The highest BCUT2D eigenvalue weighted by Gasteiger charge is 2.16. The zero-order valence-corrected chi connectivity index (χ0v) is 10.1. The molecule has 6 heteroatoms. The molecule has 1 heterocycles. The molecule has 0 spiro atoms. The van der Waals surface area contributed by atoms with Gasteiger partial charge in [-0.25, -0.2) is 8.78 Å². The average Bonchev–Trinajstić information content (AvgIpc) is 2.09. The molecule has 0 amide bonds. The summed E-state index contributed by atoms with van der Waals surface area (Å²) in [5, 5.41) is 0. The van der Waals surface area contributed by atoms with E-state index in [4.69, 9.17) is 5.73 Å². The Bertz CT molecular complexity index is 320. The van der Waals surface area contributed by atoms with E-state index in [0.717, 1.165) is 6.20 Å². The van der Waals surface area contributed by atoms with Crippen molar-refractivity contribution in [2.24, 2.45) is 5.73 Å². The van der Waals surface area contributed by atoms with E-state index in [1.54, 1.807) is 0 Å². The third-order valence-electron chi connectivity index (χ3n) is 1.49. The summed E-state index contributed by atoms with van der Waals surface area (Å²) < 4.78 is 25.7. The SMILES string of the molecule is NCc1ncc(C(F)F)c(Br)c1I. The molecule has 2 N–H and O–H groups in total. The van der Waals surface area contributed by atoms with Gasteiger partial charge in [0.15, 0.2) is 0 Å². The van der Waals surface area contributed by atoms with Gasteiger partial charge in [-0.1, -0.05) is 0 Å². The lowest BCUT2D eigenvalue weighted by Crippen LogP contribution is -2.04. The first-order valence-corrected chi connectivity index (χ1v) is 5.26. The fraction of sp³-hybridized carbons (Fsp3) is 0.286. The van der Waals surface area contributed by atoms with Crippen LogP contribution in [0.3, 0.4) is 0 Å². The summed E-state index contributed by atoms with van der Waals surface area (Å²) >= 11 is 5.03. The van der Waals surface area contributed by atoms with Crippen LogP contribution in [0.2, 0.25) is 0 Å². The molecule has 0 aliphatic heterocycles. The number of halogens is 4. The van der Waals surface area contributed by atoms with Crippen LogP contribution in [0, 0.1) is 3.57 Å². The van der Waals surface area contributed by atoms with Gasteiger partial charge in [0.2, 0.25) is 0 Å². The standard InChI is InChI=1S/C7H6BrF2IN2/c8-5-3(7(9)10)2-13-4(1-12)6(5)11/h2,7H,1,12H2. The second kappa shape index (κ2) is 4.61. The Morgan fingerprint density at radius 3 is 2.69 bits per heavy atom. The molecular formula is C7H6BrF2IN2. The van der Waals surface area contributed by atoms with Gasteiger partial charge in [-0.3, -0.25) is 4.98 Å². The molecule has 1 aromatic rings. The van der Waals surface area contributed by atoms with Crippen LogP contribution < -0.4 is 5.73 Å². The van der Waals surface area contributed by atoms with Crippen LogP contribution in [-0.2, 0) is 6.54 Å². The maximum atomic E-state index is 12.3. The Kier molecular flexibility index (Phi) is 3.99. The monoisotopic (exact) mass is 362 g/mol. The van der Waals surface area contributed by atoms with Gasteiger partial charge in [0.25, 0.3) is 6.43 Å². The molecule has 0 unspecified atom stereocenters. The van der Waals surface area contributed by atoms with Crippen LogP contribution in [0.5, 0.6) is 0 Å². The molecule has 0 radical (unpaired) electrons. The molecule has 0 bridgehead atoms. The smallest absolute Gasteiger partial charge is 0.266 e. The number of pyridine rings is 1. The van der Waals surface area contributed by atoms with Crippen molar-refractivity contribution in [1.82, 2.24) is 4.98 Å². The number of nitrogens with two attached hydrogens (primary N) is 1. The molecule has 2 nitrogen and oxygen atoms in total. The Labute approximate surface area is 96.2 Å². The molecule has 0 aliphatic rings. The minimum Gasteiger partial charge on any atom is -0.325 e. The van der Waals surface area contributed by atoms with Crippen molar-refractivity contribution in [2.45, 2.75) is 13.0 Å². The maximum Gasteiger partial charge on any atom is 0.266 e. The van der Waals surface area contributed by atoms with E-state index >= 15 is 0 Å². The van der Waals surface area contributed by atoms with E-state index in [0.29, 0.717) is 13.7 Å². The molecule has 0 atom stereocenters. The zero-order chi connectivity index (χ0) is 10.0. The van der Waals surface area contributed by atoms with Gasteiger partial charge < -0.3 is 5.73 Å². The normalized spacial score (nSPS) is 10.9. The Morgan fingerprint density at radius 1 is 1.62 bits per heavy atom. The van der Waals surface area contributed by atoms with Gasteiger partial charge in [0.05, 0.1) is 14.8 Å². The van der Waals surface area contributed by atoms with Crippen molar-refractivity contribution in [1.29, 1.82) is 0 Å². The van der Waals surface area contributed by atoms with Gasteiger partial charge in [0, 0.05) is 17.2 Å². The Balaban J connectivity index is 3.23. The fourth-order valence-corrected chi connectivity index (χ4v) is 1.98. The highest BCUT2D eigenvalue weighted by molar-refractivity contribution is 14.1. The molecule has 1 aromatic heterocycles. The van der Waals surface area contributed by atoms with E-state index in [9.17, 15) is 8.78 Å². The van der Waals surface area contributed by atoms with Crippen molar-refractivity contribution >= 4 is 38.5 Å². The summed E-state index contributed by atoms with van der Waals surface area (Å²) in [6.45, 7) is 0.250. The summed E-state index contributed by atoms with van der Waals surface area (Å²) in [4.78, 5) is 3.84. The minimum atomic E-state index is -2.51. The highest BCUT2D eigenvalue weighted by atomic mass is 127. The molecule has 0 saturated heterocycles. The number of rotatable bonds is 2. The number of alkyl halides is 2. The molecule has 0 saturated carbocycles. The van der Waals surface area contributed by atoms with Crippen LogP contribution in [-0.4, -0.2) is 4.98 Å². The first kappa shape index (κ1) is 11.3. The van der Waals surface area contributed by atoms with E-state index in [2.05, 4.69) is 20.9 Å². The molecule has 13 heavy (non-hydrogen) atoms. The lowest BCUT2D eigenvalue weighted by atomic mass is 10.2. The average molecular weight is 363 g/mol. The molecule has 0 aliphatic carbocycles. The van der Waals surface area contributed by atoms with Crippen LogP contribution in [0.25, 0.3) is 0 Å². The lowest BCUT2D eigenvalue weighted by molar-refractivity contribution is 0.150. The third kappa shape index (κ3) is 2.35. The second-order valence-corrected chi connectivity index (χ2v) is 4.16. The Morgan fingerprint density at radius 2 is 2.23 bits per heavy atom. The van der Waals surface area contributed by atoms with Crippen molar-refractivity contribution in [3.63, 3.8) is 0 Å². The zero-order valence-electron chi connectivity index (χ0n) is 6.40. The van der Waals surface area contributed by atoms with E-state index in [1.807, 2.05) is 22.6 Å². The topological polar surface area (TPSA) is 38.9 Å². The number of aromatic nitrogens is 1. The quantitative estimate of drug-likeness (QED) is 0.821. The van der Waals surface area contributed by atoms with Crippen LogP contribution in [0.1, 0.15) is 17.7 Å².